The summed E-state index contributed by atoms with van der Waals surface area (Å²) in [6.45, 7) is 3.07. The molecule has 3 aromatic carbocycles. The van der Waals surface area contributed by atoms with Crippen LogP contribution < -0.4 is 0 Å². The number of hydrogen-bond donors (Lipinski definition) is 0. The number of fused-ring (bicyclic) bond motifs is 3. The fraction of sp³-hybridized carbons (Fsp3) is 0.382. The van der Waals surface area contributed by atoms with Crippen molar-refractivity contribution in [2.24, 2.45) is 0 Å². The number of nitrogens with zero attached hydrogens (tertiary/aromatic N) is 2. The number of amides is 1. The van der Waals surface area contributed by atoms with Crippen LogP contribution in [-0.4, -0.2) is 41.9 Å². The lowest BCUT2D eigenvalue weighted by molar-refractivity contribution is 0.00668. The molecule has 0 aromatic heterocycles. The largest absolute Gasteiger partial charge is 0.329 e. The molecular weight excluding hydrogens is 509 g/mol. The number of carbonyl (C=O) groups is 1. The van der Waals surface area contributed by atoms with Gasteiger partial charge in [0.05, 0.1) is 5.54 Å². The molecule has 1 amide bonds. The van der Waals surface area contributed by atoms with Gasteiger partial charge in [0.15, 0.2) is 11.6 Å². The standard InChI is InChI=1S/C34H35F3N2O/c1-21-22(2)30(36)31(37)28(29(21)35)32(40)39-19-14-26-25-13-9-8-10-23(25)20-27(26)34(39)17-15-33(16-18-34,38(3)4)24-11-6-5-7-12-24/h5-13H,14-20H2,1-4H3. The van der Waals surface area contributed by atoms with Crippen molar-refractivity contribution in [2.75, 3.05) is 20.6 Å². The van der Waals surface area contributed by atoms with E-state index in [9.17, 15) is 9.18 Å². The highest BCUT2D eigenvalue weighted by atomic mass is 19.2. The van der Waals surface area contributed by atoms with Gasteiger partial charge in [-0.25, -0.2) is 13.2 Å². The van der Waals surface area contributed by atoms with Crippen molar-refractivity contribution in [2.45, 2.75) is 63.5 Å². The Morgan fingerprint density at radius 2 is 1.45 bits per heavy atom. The van der Waals surface area contributed by atoms with E-state index in [0.29, 0.717) is 32.2 Å². The van der Waals surface area contributed by atoms with E-state index in [-0.39, 0.29) is 16.7 Å². The fourth-order valence-corrected chi connectivity index (χ4v) is 7.66. The zero-order chi connectivity index (χ0) is 28.4. The van der Waals surface area contributed by atoms with Gasteiger partial charge in [0.25, 0.3) is 5.91 Å². The molecule has 208 valence electrons. The summed E-state index contributed by atoms with van der Waals surface area (Å²) in [5.41, 5.74) is 4.26. The van der Waals surface area contributed by atoms with Crippen molar-refractivity contribution >= 4 is 11.5 Å². The second kappa shape index (κ2) is 9.62. The molecule has 6 heteroatoms. The molecule has 3 aromatic rings. The van der Waals surface area contributed by atoms with Gasteiger partial charge in [0.1, 0.15) is 11.4 Å². The molecule has 0 unspecified atom stereocenters. The van der Waals surface area contributed by atoms with E-state index in [4.69, 9.17) is 0 Å². The highest BCUT2D eigenvalue weighted by Crippen LogP contribution is 2.55. The molecule has 1 fully saturated rings. The Hall–Kier alpha value is -3.38. The number of carbonyl (C=O) groups excluding carboxylic acids is 1. The second-order valence-corrected chi connectivity index (χ2v) is 11.9. The molecule has 0 N–H and O–H groups in total. The average Bonchev–Trinajstić information content (AvgIpc) is 3.36. The van der Waals surface area contributed by atoms with Gasteiger partial charge >= 0.3 is 0 Å². The number of rotatable bonds is 3. The molecule has 1 aliphatic heterocycles. The number of benzene rings is 3. The lowest BCUT2D eigenvalue weighted by Crippen LogP contribution is -2.60. The molecule has 0 radical (unpaired) electrons. The van der Waals surface area contributed by atoms with Crippen LogP contribution in [0.4, 0.5) is 13.2 Å². The number of hydrogen-bond acceptors (Lipinski definition) is 2. The Morgan fingerprint density at radius 1 is 0.825 bits per heavy atom. The average molecular weight is 545 g/mol. The van der Waals surface area contributed by atoms with Gasteiger partial charge in [-0.3, -0.25) is 9.69 Å². The minimum Gasteiger partial charge on any atom is -0.329 e. The van der Waals surface area contributed by atoms with Crippen LogP contribution in [0, 0.1) is 31.3 Å². The Balaban J connectivity index is 1.48. The van der Waals surface area contributed by atoms with Gasteiger partial charge in [0, 0.05) is 12.1 Å². The predicted octanol–water partition coefficient (Wildman–Crippen LogP) is 7.35. The Labute approximate surface area is 234 Å². The first kappa shape index (κ1) is 26.8. The third kappa shape index (κ3) is 3.72. The van der Waals surface area contributed by atoms with E-state index in [1.54, 1.807) is 4.90 Å². The minimum absolute atomic E-state index is 0.0270. The summed E-state index contributed by atoms with van der Waals surface area (Å²) in [5, 5.41) is 0. The van der Waals surface area contributed by atoms with Crippen LogP contribution in [0.15, 0.2) is 60.2 Å². The van der Waals surface area contributed by atoms with Crippen LogP contribution in [0.5, 0.6) is 0 Å². The summed E-state index contributed by atoms with van der Waals surface area (Å²) in [4.78, 5) is 18.2. The molecule has 3 nitrogen and oxygen atoms in total. The fourth-order valence-electron chi connectivity index (χ4n) is 7.66. The Morgan fingerprint density at radius 3 is 2.12 bits per heavy atom. The maximum Gasteiger partial charge on any atom is 0.260 e. The van der Waals surface area contributed by atoms with Crippen LogP contribution in [0.1, 0.15) is 70.3 Å². The third-order valence-electron chi connectivity index (χ3n) is 10.1. The molecule has 40 heavy (non-hydrogen) atoms. The zero-order valence-corrected chi connectivity index (χ0v) is 23.6. The van der Waals surface area contributed by atoms with Crippen molar-refractivity contribution in [1.82, 2.24) is 9.80 Å². The lowest BCUT2D eigenvalue weighted by atomic mass is 9.63. The normalized spacial score (nSPS) is 24.1. The molecule has 0 atom stereocenters. The monoisotopic (exact) mass is 544 g/mol. The summed E-state index contributed by atoms with van der Waals surface area (Å²) in [6, 6.07) is 18.8. The van der Waals surface area contributed by atoms with Crippen LogP contribution in [-0.2, 0) is 12.0 Å². The Bertz CT molecular complexity index is 1510. The van der Waals surface area contributed by atoms with Gasteiger partial charge < -0.3 is 4.90 Å². The summed E-state index contributed by atoms with van der Waals surface area (Å²) >= 11 is 0. The summed E-state index contributed by atoms with van der Waals surface area (Å²) in [7, 11) is 4.18. The molecule has 0 bridgehead atoms. The van der Waals surface area contributed by atoms with E-state index in [1.165, 1.54) is 41.7 Å². The topological polar surface area (TPSA) is 23.6 Å². The molecule has 1 spiro atoms. The maximum absolute atomic E-state index is 15.5. The van der Waals surface area contributed by atoms with Gasteiger partial charge in [0.2, 0.25) is 0 Å². The SMILES string of the molecule is Cc1c(C)c(F)c(C(=O)N2CCC3=C(Cc4ccccc43)C23CCC(c2ccccc2)(N(C)C)CC3)c(F)c1F. The molecule has 6 rings (SSSR count). The van der Waals surface area contributed by atoms with Gasteiger partial charge in [-0.2, -0.15) is 0 Å². The van der Waals surface area contributed by atoms with Crippen molar-refractivity contribution in [1.29, 1.82) is 0 Å². The van der Waals surface area contributed by atoms with Gasteiger partial charge in [-0.15, -0.1) is 0 Å². The smallest absolute Gasteiger partial charge is 0.260 e. The second-order valence-electron chi connectivity index (χ2n) is 11.9. The summed E-state index contributed by atoms with van der Waals surface area (Å²) < 4.78 is 45.7. The highest BCUT2D eigenvalue weighted by molar-refractivity contribution is 5.97. The first-order valence-electron chi connectivity index (χ1n) is 14.1. The third-order valence-corrected chi connectivity index (χ3v) is 10.1. The Kier molecular flexibility index (Phi) is 6.45. The van der Waals surface area contributed by atoms with E-state index >= 15 is 8.78 Å². The predicted molar refractivity (Wildman–Crippen MR) is 152 cm³/mol. The molecular formula is C34H35F3N2O. The maximum atomic E-state index is 15.5. The zero-order valence-electron chi connectivity index (χ0n) is 23.6. The quantitative estimate of drug-likeness (QED) is 0.322. The van der Waals surface area contributed by atoms with E-state index in [1.807, 2.05) is 18.2 Å². The van der Waals surface area contributed by atoms with E-state index in [0.717, 1.165) is 12.8 Å². The summed E-state index contributed by atoms with van der Waals surface area (Å²) in [5.74, 6) is -4.26. The molecule has 2 aliphatic carbocycles. The van der Waals surface area contributed by atoms with Crippen LogP contribution in [0.2, 0.25) is 0 Å². The van der Waals surface area contributed by atoms with Gasteiger partial charge in [-0.05, 0) is 105 Å². The molecule has 1 heterocycles. The molecule has 3 aliphatic rings. The van der Waals surface area contributed by atoms with Crippen LogP contribution in [0.25, 0.3) is 5.57 Å². The van der Waals surface area contributed by atoms with Crippen molar-refractivity contribution < 1.29 is 18.0 Å². The minimum atomic E-state index is -1.39. The molecule has 1 saturated carbocycles. The van der Waals surface area contributed by atoms with Crippen LogP contribution >= 0.6 is 0 Å². The summed E-state index contributed by atoms with van der Waals surface area (Å²) in [6.07, 6.45) is 4.15. The van der Waals surface area contributed by atoms with Crippen molar-refractivity contribution in [3.63, 3.8) is 0 Å². The lowest BCUT2D eigenvalue weighted by Gasteiger charge is -2.56. The first-order chi connectivity index (χ1) is 19.1. The number of halogens is 3. The molecule has 0 saturated heterocycles. The van der Waals surface area contributed by atoms with Crippen LogP contribution in [0.3, 0.4) is 0 Å². The first-order valence-corrected chi connectivity index (χ1v) is 14.1. The van der Waals surface area contributed by atoms with Crippen molar-refractivity contribution in [3.8, 4) is 0 Å². The highest BCUT2D eigenvalue weighted by Gasteiger charge is 2.54. The van der Waals surface area contributed by atoms with E-state index in [2.05, 4.69) is 55.4 Å². The van der Waals surface area contributed by atoms with Crippen molar-refractivity contribution in [3.05, 3.63) is 111 Å². The van der Waals surface area contributed by atoms with Gasteiger partial charge in [-0.1, -0.05) is 54.6 Å². The van der Waals surface area contributed by atoms with E-state index < -0.39 is 34.5 Å².